The Bertz CT molecular complexity index is 424. The molecule has 1 aromatic carbocycles. The molecule has 0 aliphatic carbocycles. The molecule has 0 aliphatic heterocycles. The van der Waals surface area contributed by atoms with Crippen LogP contribution in [0, 0.1) is 19.8 Å². The average molecular weight is 235 g/mol. The van der Waals surface area contributed by atoms with Crippen molar-refractivity contribution in [3.05, 3.63) is 28.8 Å². The standard InChI is InChI=1S/C14H21NO2/c1-8(2)12(15)13(16)11-7-6-9(3)10(4)14(11)17-5/h6-8,12H,15H2,1-5H3. The number of aryl methyl sites for hydroxylation is 1. The lowest BCUT2D eigenvalue weighted by Gasteiger charge is -2.18. The monoisotopic (exact) mass is 235 g/mol. The highest BCUT2D eigenvalue weighted by molar-refractivity contribution is 6.02. The van der Waals surface area contributed by atoms with Gasteiger partial charge in [-0.1, -0.05) is 19.9 Å². The van der Waals surface area contributed by atoms with Gasteiger partial charge in [-0.3, -0.25) is 4.79 Å². The lowest BCUT2D eigenvalue weighted by Crippen LogP contribution is -2.35. The first-order valence-corrected chi connectivity index (χ1v) is 5.84. The van der Waals surface area contributed by atoms with Crippen molar-refractivity contribution >= 4 is 5.78 Å². The van der Waals surface area contributed by atoms with E-state index in [2.05, 4.69) is 0 Å². The van der Waals surface area contributed by atoms with Gasteiger partial charge in [-0.05, 0) is 37.0 Å². The zero-order valence-electron chi connectivity index (χ0n) is 11.2. The first-order chi connectivity index (χ1) is 7.90. The SMILES string of the molecule is COc1c(C(=O)C(N)C(C)C)ccc(C)c1C. The predicted molar refractivity (Wildman–Crippen MR) is 69.6 cm³/mol. The Hall–Kier alpha value is -1.35. The molecule has 0 aromatic heterocycles. The van der Waals surface area contributed by atoms with Gasteiger partial charge >= 0.3 is 0 Å². The summed E-state index contributed by atoms with van der Waals surface area (Å²) in [6, 6.07) is 3.25. The number of nitrogens with two attached hydrogens (primary N) is 1. The summed E-state index contributed by atoms with van der Waals surface area (Å²) in [4.78, 5) is 12.2. The van der Waals surface area contributed by atoms with Crippen LogP contribution in [-0.2, 0) is 0 Å². The maximum Gasteiger partial charge on any atom is 0.183 e. The van der Waals surface area contributed by atoms with Crippen LogP contribution in [0.25, 0.3) is 0 Å². The van der Waals surface area contributed by atoms with E-state index in [1.807, 2.05) is 33.8 Å². The van der Waals surface area contributed by atoms with Crippen molar-refractivity contribution < 1.29 is 9.53 Å². The molecule has 0 saturated heterocycles. The second kappa shape index (κ2) is 5.32. The second-order valence-corrected chi connectivity index (χ2v) is 4.72. The smallest absolute Gasteiger partial charge is 0.183 e. The maximum atomic E-state index is 12.2. The Morgan fingerprint density at radius 1 is 1.29 bits per heavy atom. The van der Waals surface area contributed by atoms with Crippen LogP contribution in [0.15, 0.2) is 12.1 Å². The van der Waals surface area contributed by atoms with Crippen molar-refractivity contribution in [1.29, 1.82) is 0 Å². The Kier molecular flexibility index (Phi) is 4.29. The first kappa shape index (κ1) is 13.7. The highest BCUT2D eigenvalue weighted by atomic mass is 16.5. The molecule has 0 aliphatic rings. The van der Waals surface area contributed by atoms with Crippen LogP contribution in [0.3, 0.4) is 0 Å². The van der Waals surface area contributed by atoms with E-state index in [1.54, 1.807) is 13.2 Å². The fraction of sp³-hybridized carbons (Fsp3) is 0.500. The number of hydrogen-bond acceptors (Lipinski definition) is 3. The number of hydrogen-bond donors (Lipinski definition) is 1. The number of Topliss-reactive ketones (excluding diaryl/α,β-unsaturated/α-hetero) is 1. The summed E-state index contributed by atoms with van der Waals surface area (Å²) >= 11 is 0. The summed E-state index contributed by atoms with van der Waals surface area (Å²) < 4.78 is 5.33. The van der Waals surface area contributed by atoms with Gasteiger partial charge in [0.25, 0.3) is 0 Å². The molecule has 3 heteroatoms. The van der Waals surface area contributed by atoms with Crippen molar-refractivity contribution in [3.63, 3.8) is 0 Å². The van der Waals surface area contributed by atoms with Gasteiger partial charge in [0.05, 0.1) is 18.7 Å². The lowest BCUT2D eigenvalue weighted by atomic mass is 9.93. The van der Waals surface area contributed by atoms with Crippen molar-refractivity contribution in [2.45, 2.75) is 33.7 Å². The molecule has 0 amide bonds. The van der Waals surface area contributed by atoms with E-state index >= 15 is 0 Å². The van der Waals surface area contributed by atoms with Gasteiger partial charge in [-0.15, -0.1) is 0 Å². The summed E-state index contributed by atoms with van der Waals surface area (Å²) in [7, 11) is 1.58. The van der Waals surface area contributed by atoms with Crippen LogP contribution in [0.4, 0.5) is 0 Å². The number of carbonyl (C=O) groups excluding carboxylic acids is 1. The summed E-state index contributed by atoms with van der Waals surface area (Å²) in [5.74, 6) is 0.708. The molecular formula is C14H21NO2. The molecular weight excluding hydrogens is 214 g/mol. The van der Waals surface area contributed by atoms with Crippen LogP contribution in [0.2, 0.25) is 0 Å². The third kappa shape index (κ3) is 2.67. The van der Waals surface area contributed by atoms with Gasteiger partial charge in [0.2, 0.25) is 0 Å². The summed E-state index contributed by atoms with van der Waals surface area (Å²) in [5.41, 5.74) is 8.58. The predicted octanol–water partition coefficient (Wildman–Crippen LogP) is 2.48. The molecule has 0 radical (unpaired) electrons. The normalized spacial score (nSPS) is 12.6. The van der Waals surface area contributed by atoms with Gasteiger partial charge in [-0.2, -0.15) is 0 Å². The molecule has 0 fully saturated rings. The molecule has 1 atom stereocenters. The number of methoxy groups -OCH3 is 1. The fourth-order valence-electron chi connectivity index (χ4n) is 1.73. The van der Waals surface area contributed by atoms with E-state index in [-0.39, 0.29) is 11.7 Å². The molecule has 0 bridgehead atoms. The summed E-state index contributed by atoms with van der Waals surface area (Å²) in [6.07, 6.45) is 0. The van der Waals surface area contributed by atoms with E-state index in [0.29, 0.717) is 11.3 Å². The van der Waals surface area contributed by atoms with Crippen LogP contribution < -0.4 is 10.5 Å². The van der Waals surface area contributed by atoms with Crippen molar-refractivity contribution in [3.8, 4) is 5.75 Å². The molecule has 0 heterocycles. The van der Waals surface area contributed by atoms with Gasteiger partial charge < -0.3 is 10.5 Å². The van der Waals surface area contributed by atoms with Crippen molar-refractivity contribution in [1.82, 2.24) is 0 Å². The third-order valence-electron chi connectivity index (χ3n) is 3.17. The van der Waals surface area contributed by atoms with Gasteiger partial charge in [-0.25, -0.2) is 0 Å². The quantitative estimate of drug-likeness (QED) is 0.816. The van der Waals surface area contributed by atoms with Gasteiger partial charge in [0.1, 0.15) is 5.75 Å². The zero-order chi connectivity index (χ0) is 13.2. The molecule has 17 heavy (non-hydrogen) atoms. The Morgan fingerprint density at radius 3 is 2.35 bits per heavy atom. The second-order valence-electron chi connectivity index (χ2n) is 4.72. The van der Waals surface area contributed by atoms with Crippen LogP contribution in [-0.4, -0.2) is 18.9 Å². The lowest BCUT2D eigenvalue weighted by molar-refractivity contribution is 0.0937. The Labute approximate surface area is 103 Å². The minimum absolute atomic E-state index is 0.0556. The highest BCUT2D eigenvalue weighted by Crippen LogP contribution is 2.27. The topological polar surface area (TPSA) is 52.3 Å². The van der Waals surface area contributed by atoms with E-state index in [0.717, 1.165) is 11.1 Å². The molecule has 1 unspecified atom stereocenters. The van der Waals surface area contributed by atoms with Crippen LogP contribution in [0.1, 0.15) is 35.3 Å². The van der Waals surface area contributed by atoms with Gasteiger partial charge in [0, 0.05) is 0 Å². The summed E-state index contributed by atoms with van der Waals surface area (Å²) in [5, 5.41) is 0. The van der Waals surface area contributed by atoms with E-state index in [4.69, 9.17) is 10.5 Å². The van der Waals surface area contributed by atoms with E-state index in [9.17, 15) is 4.79 Å². The highest BCUT2D eigenvalue weighted by Gasteiger charge is 2.23. The van der Waals surface area contributed by atoms with Crippen molar-refractivity contribution in [2.24, 2.45) is 11.7 Å². The molecule has 1 rings (SSSR count). The number of benzene rings is 1. The van der Waals surface area contributed by atoms with Crippen LogP contribution >= 0.6 is 0 Å². The minimum Gasteiger partial charge on any atom is -0.496 e. The molecule has 94 valence electrons. The average Bonchev–Trinajstić information content (AvgIpc) is 2.30. The summed E-state index contributed by atoms with van der Waals surface area (Å²) in [6.45, 7) is 7.83. The first-order valence-electron chi connectivity index (χ1n) is 5.84. The number of carbonyl (C=O) groups is 1. The number of ketones is 1. The largest absolute Gasteiger partial charge is 0.496 e. The molecule has 3 nitrogen and oxygen atoms in total. The number of rotatable bonds is 4. The Morgan fingerprint density at radius 2 is 1.88 bits per heavy atom. The third-order valence-corrected chi connectivity index (χ3v) is 3.17. The van der Waals surface area contributed by atoms with E-state index in [1.165, 1.54) is 0 Å². The fourth-order valence-corrected chi connectivity index (χ4v) is 1.73. The Balaban J connectivity index is 3.23. The van der Waals surface area contributed by atoms with Gasteiger partial charge in [0.15, 0.2) is 5.78 Å². The van der Waals surface area contributed by atoms with Crippen LogP contribution in [0.5, 0.6) is 5.75 Å². The zero-order valence-corrected chi connectivity index (χ0v) is 11.2. The molecule has 0 saturated carbocycles. The van der Waals surface area contributed by atoms with E-state index < -0.39 is 6.04 Å². The molecule has 2 N–H and O–H groups in total. The van der Waals surface area contributed by atoms with Crippen molar-refractivity contribution in [2.75, 3.05) is 7.11 Å². The minimum atomic E-state index is -0.481. The maximum absolute atomic E-state index is 12.2. The molecule has 1 aromatic rings. The molecule has 0 spiro atoms. The number of ether oxygens (including phenoxy) is 1.